The van der Waals surface area contributed by atoms with Crippen LogP contribution in [-0.2, 0) is 0 Å². The van der Waals surface area contributed by atoms with Gasteiger partial charge in [-0.2, -0.15) is 0 Å². The van der Waals surface area contributed by atoms with Crippen molar-refractivity contribution in [3.05, 3.63) is 48.6 Å². The summed E-state index contributed by atoms with van der Waals surface area (Å²) in [6.45, 7) is 11.6. The zero-order valence-corrected chi connectivity index (χ0v) is 7.43. The van der Waals surface area contributed by atoms with Crippen LogP contribution in [0.4, 0.5) is 0 Å². The molecule has 0 saturated carbocycles. The zero-order valence-electron chi connectivity index (χ0n) is 7.43. The minimum atomic E-state index is 1.04. The highest BCUT2D eigenvalue weighted by Gasteiger charge is 1.94. The van der Waals surface area contributed by atoms with E-state index in [9.17, 15) is 0 Å². The van der Waals surface area contributed by atoms with Crippen LogP contribution in [0, 0.1) is 0 Å². The summed E-state index contributed by atoms with van der Waals surface area (Å²) in [6, 6.07) is 0. The Bertz CT molecular complexity index is 192. The van der Waals surface area contributed by atoms with Crippen molar-refractivity contribution in [2.75, 3.05) is 0 Å². The van der Waals surface area contributed by atoms with Crippen LogP contribution in [0.1, 0.15) is 20.3 Å². The molecule has 0 bridgehead atoms. The van der Waals surface area contributed by atoms with E-state index in [0.29, 0.717) is 0 Å². The van der Waals surface area contributed by atoms with E-state index in [0.717, 1.165) is 6.42 Å². The summed E-state index contributed by atoms with van der Waals surface area (Å²) < 4.78 is 0. The maximum Gasteiger partial charge on any atom is -0.0234 e. The van der Waals surface area contributed by atoms with E-state index in [-0.39, 0.29) is 0 Å². The van der Waals surface area contributed by atoms with Gasteiger partial charge in [0.15, 0.2) is 0 Å². The summed E-state index contributed by atoms with van der Waals surface area (Å²) in [5.74, 6) is 0. The van der Waals surface area contributed by atoms with Crippen molar-refractivity contribution >= 4 is 0 Å². The number of allylic oxidation sites excluding steroid dienone is 6. The molecule has 0 rings (SSSR count). The van der Waals surface area contributed by atoms with Gasteiger partial charge in [-0.05, 0) is 24.5 Å². The summed E-state index contributed by atoms with van der Waals surface area (Å²) in [4.78, 5) is 0. The Kier molecular flexibility index (Phi) is 5.18. The lowest BCUT2D eigenvalue weighted by Gasteiger charge is -2.02. The van der Waals surface area contributed by atoms with Gasteiger partial charge >= 0.3 is 0 Å². The van der Waals surface area contributed by atoms with Gasteiger partial charge in [-0.25, -0.2) is 0 Å². The third-order valence-corrected chi connectivity index (χ3v) is 1.62. The number of hydrogen-bond acceptors (Lipinski definition) is 0. The van der Waals surface area contributed by atoms with Crippen LogP contribution in [0.5, 0.6) is 0 Å². The molecule has 0 aliphatic rings. The summed E-state index contributed by atoms with van der Waals surface area (Å²) in [5, 5.41) is 0. The molecule has 11 heavy (non-hydrogen) atoms. The van der Waals surface area contributed by atoms with E-state index in [4.69, 9.17) is 0 Å². The van der Waals surface area contributed by atoms with Gasteiger partial charge in [-0.15, -0.1) is 0 Å². The monoisotopic (exact) mass is 148 g/mol. The van der Waals surface area contributed by atoms with E-state index < -0.39 is 0 Å². The van der Waals surface area contributed by atoms with Gasteiger partial charge < -0.3 is 0 Å². The molecule has 0 saturated heterocycles. The van der Waals surface area contributed by atoms with Crippen LogP contribution < -0.4 is 0 Å². The highest BCUT2D eigenvalue weighted by molar-refractivity contribution is 5.40. The molecular formula is C11H16. The van der Waals surface area contributed by atoms with Crippen molar-refractivity contribution in [2.45, 2.75) is 20.3 Å². The van der Waals surface area contributed by atoms with Crippen molar-refractivity contribution in [3.63, 3.8) is 0 Å². The Hall–Kier alpha value is -1.04. The lowest BCUT2D eigenvalue weighted by atomic mass is 10.0. The van der Waals surface area contributed by atoms with E-state index in [1.165, 1.54) is 11.1 Å². The van der Waals surface area contributed by atoms with Crippen molar-refractivity contribution in [1.82, 2.24) is 0 Å². The van der Waals surface area contributed by atoms with Crippen LogP contribution in [0.15, 0.2) is 48.6 Å². The molecule has 0 aromatic heterocycles. The predicted octanol–water partition coefficient (Wildman–Crippen LogP) is 3.64. The lowest BCUT2D eigenvalue weighted by Crippen LogP contribution is -1.82. The Morgan fingerprint density at radius 2 is 2.00 bits per heavy atom. The SMILES string of the molecule is C=C/C=C(C=C)/C(=C/C)CC. The van der Waals surface area contributed by atoms with Gasteiger partial charge in [0.25, 0.3) is 0 Å². The summed E-state index contributed by atoms with van der Waals surface area (Å²) in [5.41, 5.74) is 2.49. The van der Waals surface area contributed by atoms with Crippen molar-refractivity contribution in [2.24, 2.45) is 0 Å². The summed E-state index contributed by atoms with van der Waals surface area (Å²) >= 11 is 0. The second-order valence-electron chi connectivity index (χ2n) is 2.23. The highest BCUT2D eigenvalue weighted by atomic mass is 14.0. The normalized spacial score (nSPS) is 12.9. The molecule has 0 heterocycles. The van der Waals surface area contributed by atoms with Gasteiger partial charge in [0, 0.05) is 0 Å². The van der Waals surface area contributed by atoms with E-state index in [1.54, 1.807) is 6.08 Å². The van der Waals surface area contributed by atoms with Gasteiger partial charge in [0.1, 0.15) is 0 Å². The molecule has 0 atom stereocenters. The molecule has 0 N–H and O–H groups in total. The van der Waals surface area contributed by atoms with Crippen molar-refractivity contribution in [3.8, 4) is 0 Å². The molecular weight excluding hydrogens is 132 g/mol. The molecule has 0 radical (unpaired) electrons. The molecule has 0 fully saturated rings. The fourth-order valence-corrected chi connectivity index (χ4v) is 1.01. The first kappa shape index (κ1) is 9.96. The van der Waals surface area contributed by atoms with E-state index >= 15 is 0 Å². The molecule has 0 amide bonds. The summed E-state index contributed by atoms with van der Waals surface area (Å²) in [7, 11) is 0. The Morgan fingerprint density at radius 3 is 2.27 bits per heavy atom. The number of hydrogen-bond donors (Lipinski definition) is 0. The van der Waals surface area contributed by atoms with Gasteiger partial charge in [-0.3, -0.25) is 0 Å². The maximum absolute atomic E-state index is 3.74. The first-order valence-corrected chi connectivity index (χ1v) is 3.90. The molecule has 0 nitrogen and oxygen atoms in total. The van der Waals surface area contributed by atoms with Crippen LogP contribution in [0.3, 0.4) is 0 Å². The average Bonchev–Trinajstić information content (AvgIpc) is 2.05. The van der Waals surface area contributed by atoms with Crippen LogP contribution in [0.2, 0.25) is 0 Å². The second-order valence-corrected chi connectivity index (χ2v) is 2.23. The molecule has 0 spiro atoms. The van der Waals surface area contributed by atoms with Gasteiger partial charge in [0.2, 0.25) is 0 Å². The predicted molar refractivity (Wildman–Crippen MR) is 52.5 cm³/mol. The molecule has 0 aliphatic carbocycles. The van der Waals surface area contributed by atoms with Crippen molar-refractivity contribution < 1.29 is 0 Å². The first-order valence-electron chi connectivity index (χ1n) is 3.90. The van der Waals surface area contributed by atoms with Crippen LogP contribution in [-0.4, -0.2) is 0 Å². The zero-order chi connectivity index (χ0) is 8.69. The highest BCUT2D eigenvalue weighted by Crippen LogP contribution is 2.14. The average molecular weight is 148 g/mol. The number of rotatable bonds is 4. The Labute approximate surface area is 69.6 Å². The quantitative estimate of drug-likeness (QED) is 0.534. The first-order chi connectivity index (χ1) is 5.29. The Morgan fingerprint density at radius 1 is 1.36 bits per heavy atom. The molecule has 0 aromatic rings. The fraction of sp³-hybridized carbons (Fsp3) is 0.273. The largest absolute Gasteiger partial charge is 0.0990 e. The third kappa shape index (κ3) is 3.03. The topological polar surface area (TPSA) is 0 Å². The second kappa shape index (κ2) is 5.72. The smallest absolute Gasteiger partial charge is 0.0234 e. The van der Waals surface area contributed by atoms with Gasteiger partial charge in [0.05, 0.1) is 0 Å². The fourth-order valence-electron chi connectivity index (χ4n) is 1.01. The van der Waals surface area contributed by atoms with Gasteiger partial charge in [-0.1, -0.05) is 44.4 Å². The molecule has 0 heteroatoms. The van der Waals surface area contributed by atoms with Crippen LogP contribution in [0.25, 0.3) is 0 Å². The maximum atomic E-state index is 3.74. The summed E-state index contributed by atoms with van der Waals surface area (Å²) in [6.07, 6.45) is 8.78. The minimum Gasteiger partial charge on any atom is -0.0990 e. The molecule has 60 valence electrons. The molecule has 0 aliphatic heterocycles. The van der Waals surface area contributed by atoms with Crippen molar-refractivity contribution in [1.29, 1.82) is 0 Å². The molecule has 0 unspecified atom stereocenters. The standard InChI is InChI=1S/C11H16/c1-5-9-11(8-4)10(6-2)7-3/h5-6,8-9H,1,4,7H2,2-3H3/b10-6+,11-9+. The van der Waals surface area contributed by atoms with E-state index in [1.807, 2.05) is 19.1 Å². The Balaban J connectivity index is 4.61. The third-order valence-electron chi connectivity index (χ3n) is 1.62. The van der Waals surface area contributed by atoms with Crippen LogP contribution >= 0.6 is 0 Å². The minimum absolute atomic E-state index is 1.04. The molecule has 0 aromatic carbocycles. The lowest BCUT2D eigenvalue weighted by molar-refractivity contribution is 1.12. The van der Waals surface area contributed by atoms with E-state index in [2.05, 4.69) is 26.2 Å².